The van der Waals surface area contributed by atoms with Crippen molar-refractivity contribution in [1.29, 1.82) is 0 Å². The van der Waals surface area contributed by atoms with Crippen LogP contribution in [0.25, 0.3) is 0 Å². The van der Waals surface area contributed by atoms with Crippen LogP contribution in [-0.4, -0.2) is 23.8 Å². The SMILES string of the molecule is OC1CCCCC1NCCCC1CCCC1. The zero-order chi connectivity index (χ0) is 11.2. The molecule has 2 unspecified atom stereocenters. The minimum Gasteiger partial charge on any atom is -0.392 e. The summed E-state index contributed by atoms with van der Waals surface area (Å²) in [6.45, 7) is 1.11. The molecule has 0 heterocycles. The van der Waals surface area contributed by atoms with Crippen molar-refractivity contribution in [3.05, 3.63) is 0 Å². The van der Waals surface area contributed by atoms with Gasteiger partial charge in [-0.15, -0.1) is 0 Å². The van der Waals surface area contributed by atoms with E-state index in [9.17, 15) is 5.11 Å². The highest BCUT2D eigenvalue weighted by molar-refractivity contribution is 4.80. The van der Waals surface area contributed by atoms with Crippen LogP contribution in [0.1, 0.15) is 64.2 Å². The van der Waals surface area contributed by atoms with Crippen LogP contribution in [-0.2, 0) is 0 Å². The van der Waals surface area contributed by atoms with Gasteiger partial charge >= 0.3 is 0 Å². The fourth-order valence-electron chi connectivity index (χ4n) is 3.33. The Morgan fingerprint density at radius 2 is 1.62 bits per heavy atom. The third kappa shape index (κ3) is 3.74. The molecule has 2 saturated carbocycles. The van der Waals surface area contributed by atoms with Crippen LogP contribution in [0.15, 0.2) is 0 Å². The van der Waals surface area contributed by atoms with Crippen LogP contribution in [0.2, 0.25) is 0 Å². The van der Waals surface area contributed by atoms with Crippen molar-refractivity contribution in [2.75, 3.05) is 6.54 Å². The van der Waals surface area contributed by atoms with Crippen LogP contribution >= 0.6 is 0 Å². The molecule has 2 aliphatic carbocycles. The molecule has 2 fully saturated rings. The molecule has 0 bridgehead atoms. The van der Waals surface area contributed by atoms with Gasteiger partial charge in [0.15, 0.2) is 0 Å². The molecule has 2 aliphatic rings. The molecule has 0 aromatic rings. The Labute approximate surface area is 99.8 Å². The predicted molar refractivity (Wildman–Crippen MR) is 67.5 cm³/mol. The molecule has 2 rings (SSSR count). The van der Waals surface area contributed by atoms with Crippen molar-refractivity contribution in [3.8, 4) is 0 Å². The van der Waals surface area contributed by atoms with Crippen LogP contribution in [0, 0.1) is 5.92 Å². The summed E-state index contributed by atoms with van der Waals surface area (Å²) in [7, 11) is 0. The quantitative estimate of drug-likeness (QED) is 0.705. The van der Waals surface area contributed by atoms with E-state index in [4.69, 9.17) is 0 Å². The van der Waals surface area contributed by atoms with Gasteiger partial charge in [0.25, 0.3) is 0 Å². The number of aliphatic hydroxyl groups excluding tert-OH is 1. The molecule has 0 aromatic heterocycles. The van der Waals surface area contributed by atoms with Gasteiger partial charge in [0.05, 0.1) is 6.10 Å². The number of hydrogen-bond acceptors (Lipinski definition) is 2. The molecule has 0 radical (unpaired) electrons. The Morgan fingerprint density at radius 1 is 0.938 bits per heavy atom. The highest BCUT2D eigenvalue weighted by atomic mass is 16.3. The third-order valence-electron chi connectivity index (χ3n) is 4.40. The van der Waals surface area contributed by atoms with Crippen molar-refractivity contribution >= 4 is 0 Å². The fourth-order valence-corrected chi connectivity index (χ4v) is 3.33. The lowest BCUT2D eigenvalue weighted by atomic mass is 9.92. The molecule has 0 aromatic carbocycles. The molecular formula is C14H27NO. The molecular weight excluding hydrogens is 198 g/mol. The summed E-state index contributed by atoms with van der Waals surface area (Å²) in [4.78, 5) is 0. The van der Waals surface area contributed by atoms with Gasteiger partial charge in [-0.25, -0.2) is 0 Å². The smallest absolute Gasteiger partial charge is 0.0693 e. The molecule has 2 nitrogen and oxygen atoms in total. The molecule has 2 atom stereocenters. The lowest BCUT2D eigenvalue weighted by molar-refractivity contribution is 0.0908. The second kappa shape index (κ2) is 6.61. The maximum Gasteiger partial charge on any atom is 0.0693 e. The van der Waals surface area contributed by atoms with Gasteiger partial charge in [-0.3, -0.25) is 0 Å². The highest BCUT2D eigenvalue weighted by Crippen LogP contribution is 2.28. The standard InChI is InChI=1S/C14H27NO/c16-14-10-4-3-9-13(14)15-11-5-8-12-6-1-2-7-12/h12-16H,1-11H2. The van der Waals surface area contributed by atoms with Crippen molar-refractivity contribution in [2.24, 2.45) is 5.92 Å². The first kappa shape index (κ1) is 12.4. The summed E-state index contributed by atoms with van der Waals surface area (Å²) < 4.78 is 0. The Hall–Kier alpha value is -0.0800. The van der Waals surface area contributed by atoms with E-state index < -0.39 is 0 Å². The molecule has 0 aliphatic heterocycles. The minimum atomic E-state index is -0.0831. The van der Waals surface area contributed by atoms with Crippen LogP contribution < -0.4 is 5.32 Å². The Morgan fingerprint density at radius 3 is 2.38 bits per heavy atom. The average molecular weight is 225 g/mol. The summed E-state index contributed by atoms with van der Waals surface area (Å²) in [6.07, 6.45) is 13.1. The lowest BCUT2D eigenvalue weighted by Crippen LogP contribution is -2.42. The van der Waals surface area contributed by atoms with E-state index in [1.807, 2.05) is 0 Å². The zero-order valence-corrected chi connectivity index (χ0v) is 10.5. The van der Waals surface area contributed by atoms with E-state index in [0.29, 0.717) is 6.04 Å². The second-order valence-electron chi connectivity index (χ2n) is 5.71. The molecule has 94 valence electrons. The highest BCUT2D eigenvalue weighted by Gasteiger charge is 2.22. The summed E-state index contributed by atoms with van der Waals surface area (Å²) >= 11 is 0. The Balaban J connectivity index is 1.53. The summed E-state index contributed by atoms with van der Waals surface area (Å²) in [5, 5.41) is 13.4. The Kier molecular flexibility index (Phi) is 5.11. The van der Waals surface area contributed by atoms with Crippen LogP contribution in [0.5, 0.6) is 0 Å². The largest absolute Gasteiger partial charge is 0.392 e. The van der Waals surface area contributed by atoms with Gasteiger partial charge in [-0.2, -0.15) is 0 Å². The summed E-state index contributed by atoms with van der Waals surface area (Å²) in [6, 6.07) is 0.386. The van der Waals surface area contributed by atoms with E-state index >= 15 is 0 Å². The minimum absolute atomic E-state index is 0.0831. The third-order valence-corrected chi connectivity index (χ3v) is 4.40. The number of aliphatic hydroxyl groups is 1. The van der Waals surface area contributed by atoms with Crippen LogP contribution in [0.4, 0.5) is 0 Å². The fraction of sp³-hybridized carbons (Fsp3) is 1.00. The van der Waals surface area contributed by atoms with Gasteiger partial charge in [0.2, 0.25) is 0 Å². The predicted octanol–water partition coefficient (Wildman–Crippen LogP) is 2.85. The second-order valence-corrected chi connectivity index (χ2v) is 5.71. The lowest BCUT2D eigenvalue weighted by Gasteiger charge is -2.28. The molecule has 2 N–H and O–H groups in total. The van der Waals surface area contributed by atoms with Crippen molar-refractivity contribution in [2.45, 2.75) is 76.4 Å². The monoisotopic (exact) mass is 225 g/mol. The summed E-state index contributed by atoms with van der Waals surface area (Å²) in [5.41, 5.74) is 0. The maximum absolute atomic E-state index is 9.82. The van der Waals surface area contributed by atoms with Crippen molar-refractivity contribution < 1.29 is 5.11 Å². The van der Waals surface area contributed by atoms with E-state index in [1.54, 1.807) is 0 Å². The van der Waals surface area contributed by atoms with Crippen molar-refractivity contribution in [1.82, 2.24) is 5.32 Å². The molecule has 16 heavy (non-hydrogen) atoms. The van der Waals surface area contributed by atoms with E-state index in [2.05, 4.69) is 5.32 Å². The number of nitrogens with one attached hydrogen (secondary N) is 1. The van der Waals surface area contributed by atoms with Gasteiger partial charge in [0.1, 0.15) is 0 Å². The van der Waals surface area contributed by atoms with Crippen LogP contribution in [0.3, 0.4) is 0 Å². The number of rotatable bonds is 5. The normalized spacial score (nSPS) is 32.1. The zero-order valence-electron chi connectivity index (χ0n) is 10.5. The van der Waals surface area contributed by atoms with E-state index in [1.165, 1.54) is 57.8 Å². The first-order valence-corrected chi connectivity index (χ1v) is 7.28. The first-order valence-electron chi connectivity index (χ1n) is 7.28. The number of hydrogen-bond donors (Lipinski definition) is 2. The molecule has 0 spiro atoms. The topological polar surface area (TPSA) is 32.3 Å². The van der Waals surface area contributed by atoms with Gasteiger partial charge < -0.3 is 10.4 Å². The summed E-state index contributed by atoms with van der Waals surface area (Å²) in [5.74, 6) is 1.01. The maximum atomic E-state index is 9.82. The van der Waals surface area contributed by atoms with E-state index in [-0.39, 0.29) is 6.10 Å². The van der Waals surface area contributed by atoms with Gasteiger partial charge in [-0.1, -0.05) is 38.5 Å². The molecule has 0 saturated heterocycles. The van der Waals surface area contributed by atoms with Gasteiger partial charge in [0, 0.05) is 6.04 Å². The van der Waals surface area contributed by atoms with Gasteiger partial charge in [-0.05, 0) is 38.1 Å². The first-order chi connectivity index (χ1) is 7.86. The Bertz CT molecular complexity index is 189. The molecule has 2 heteroatoms. The van der Waals surface area contributed by atoms with Crippen molar-refractivity contribution in [3.63, 3.8) is 0 Å². The van der Waals surface area contributed by atoms with E-state index in [0.717, 1.165) is 18.9 Å². The molecule has 0 amide bonds. The average Bonchev–Trinajstić information content (AvgIpc) is 2.79.